The van der Waals surface area contributed by atoms with Crippen molar-refractivity contribution in [2.24, 2.45) is 5.73 Å². The minimum Gasteiger partial charge on any atom is -0.366 e. The molecule has 1 heterocycles. The number of aryl methyl sites for hydroxylation is 1. The zero-order valence-corrected chi connectivity index (χ0v) is 23.8. The minimum atomic E-state index is -5.05. The van der Waals surface area contributed by atoms with Gasteiger partial charge in [-0.25, -0.2) is 0 Å². The topological polar surface area (TPSA) is 81.2 Å². The zero-order valence-electron chi connectivity index (χ0n) is 20.8. The fourth-order valence-electron chi connectivity index (χ4n) is 4.09. The number of halogens is 7. The number of hydrogen-bond donors (Lipinski definition) is 1. The van der Waals surface area contributed by atoms with Gasteiger partial charge in [0.05, 0.1) is 17.7 Å². The van der Waals surface area contributed by atoms with Crippen LogP contribution in [0.3, 0.4) is 0 Å². The van der Waals surface area contributed by atoms with Crippen molar-refractivity contribution < 1.29 is 35.9 Å². The summed E-state index contributed by atoms with van der Waals surface area (Å²) in [6, 6.07) is 8.74. The summed E-state index contributed by atoms with van der Waals surface area (Å²) < 4.78 is 80.2. The molecule has 210 valence electrons. The second-order valence-electron chi connectivity index (χ2n) is 8.69. The molecule has 0 fully saturated rings. The fraction of sp³-hybridized carbons (Fsp3) is 0.320. The second kappa shape index (κ2) is 11.8. The van der Waals surface area contributed by atoms with E-state index >= 15 is 0 Å². The van der Waals surface area contributed by atoms with Crippen LogP contribution in [0.1, 0.15) is 50.2 Å². The maximum absolute atomic E-state index is 13.8. The molecular weight excluding hydrogens is 661 g/mol. The van der Waals surface area contributed by atoms with Crippen LogP contribution in [-0.4, -0.2) is 39.6 Å². The number of carbonyl (C=O) groups is 2. The van der Waals surface area contributed by atoms with Crippen LogP contribution in [0.15, 0.2) is 42.5 Å². The normalized spacial score (nSPS) is 12.9. The number of alkyl halides is 6. The van der Waals surface area contributed by atoms with E-state index in [1.807, 2.05) is 28.8 Å². The highest BCUT2D eigenvalue weighted by molar-refractivity contribution is 14.1. The Balaban J connectivity index is 2.06. The molecule has 2 N–H and O–H groups in total. The van der Waals surface area contributed by atoms with Crippen LogP contribution in [0.2, 0.25) is 0 Å². The van der Waals surface area contributed by atoms with E-state index < -0.39 is 42.1 Å². The van der Waals surface area contributed by atoms with Gasteiger partial charge in [0.25, 0.3) is 5.91 Å². The van der Waals surface area contributed by atoms with Crippen molar-refractivity contribution in [2.45, 2.75) is 38.8 Å². The Kier molecular flexibility index (Phi) is 9.30. The van der Waals surface area contributed by atoms with E-state index in [9.17, 15) is 35.9 Å². The molecule has 0 radical (unpaired) electrons. The Morgan fingerprint density at radius 1 is 1.10 bits per heavy atom. The Morgan fingerprint density at radius 3 is 2.31 bits per heavy atom. The summed E-state index contributed by atoms with van der Waals surface area (Å²) in [4.78, 5) is 27.4. The molecule has 2 aromatic carbocycles. The molecule has 6 nitrogen and oxygen atoms in total. The van der Waals surface area contributed by atoms with Crippen LogP contribution in [0, 0.1) is 10.5 Å². The molecule has 0 aliphatic heterocycles. The number of carbonyl (C=O) groups excluding carboxylic acids is 2. The van der Waals surface area contributed by atoms with Gasteiger partial charge < -0.3 is 10.6 Å². The highest BCUT2D eigenvalue weighted by atomic mass is 127. The Bertz CT molecular complexity index is 1390. The molecule has 0 saturated carbocycles. The maximum atomic E-state index is 13.8. The van der Waals surface area contributed by atoms with Gasteiger partial charge in [0.2, 0.25) is 5.91 Å². The number of rotatable bonds is 8. The van der Waals surface area contributed by atoms with Gasteiger partial charge in [-0.3, -0.25) is 14.3 Å². The summed E-state index contributed by atoms with van der Waals surface area (Å²) in [6.07, 6.45) is -8.24. The van der Waals surface area contributed by atoms with Crippen LogP contribution < -0.4 is 10.6 Å². The van der Waals surface area contributed by atoms with Gasteiger partial charge in [0.1, 0.15) is 5.69 Å². The standard InChI is InChI=1S/C25H23F6IN4O2S/c1-13-9-15(11-35-20(25(29,30)31)10-19(34-35)24(26,27)28)7-8-18(13)36(14(2)12-39-3)23(38)21-16(22(33)37)5-4-6-17(21)32/h4-10,14H,11-12H2,1-3H3,(H2,33,37)/t14-/m0/s1. The molecule has 1 atom stereocenters. The number of anilines is 1. The monoisotopic (exact) mass is 684 g/mol. The lowest BCUT2D eigenvalue weighted by Crippen LogP contribution is -2.42. The average molecular weight is 684 g/mol. The van der Waals surface area contributed by atoms with Crippen LogP contribution in [-0.2, 0) is 18.9 Å². The lowest BCUT2D eigenvalue weighted by molar-refractivity contribution is -0.144. The summed E-state index contributed by atoms with van der Waals surface area (Å²) in [5.41, 5.74) is 3.66. The van der Waals surface area contributed by atoms with Crippen molar-refractivity contribution >= 4 is 51.9 Å². The van der Waals surface area contributed by atoms with Gasteiger partial charge in [-0.1, -0.05) is 18.2 Å². The molecular formula is C25H23F6IN4O2S. The summed E-state index contributed by atoms with van der Waals surface area (Å²) in [7, 11) is 0. The number of primary amides is 1. The summed E-state index contributed by atoms with van der Waals surface area (Å²) in [5, 5.41) is 3.15. The van der Waals surface area contributed by atoms with E-state index in [1.165, 1.54) is 40.9 Å². The van der Waals surface area contributed by atoms with Gasteiger partial charge in [0.15, 0.2) is 5.69 Å². The van der Waals surface area contributed by atoms with Gasteiger partial charge in [0, 0.05) is 27.1 Å². The van der Waals surface area contributed by atoms with E-state index in [0.717, 1.165) is 0 Å². The molecule has 0 bridgehead atoms. The highest BCUT2D eigenvalue weighted by Crippen LogP contribution is 2.36. The molecule has 0 aliphatic carbocycles. The number of nitrogens with two attached hydrogens (primary N) is 1. The van der Waals surface area contributed by atoms with Crippen LogP contribution >= 0.6 is 34.4 Å². The first-order valence-corrected chi connectivity index (χ1v) is 13.8. The minimum absolute atomic E-state index is 0.0243. The summed E-state index contributed by atoms with van der Waals surface area (Å²) >= 11 is 3.41. The molecule has 0 spiro atoms. The third-order valence-electron chi connectivity index (χ3n) is 5.77. The van der Waals surface area contributed by atoms with Crippen molar-refractivity contribution in [1.29, 1.82) is 0 Å². The summed E-state index contributed by atoms with van der Waals surface area (Å²) in [6.45, 7) is 2.85. The summed E-state index contributed by atoms with van der Waals surface area (Å²) in [5.74, 6) is -0.753. The zero-order chi connectivity index (χ0) is 29.3. The molecule has 14 heteroatoms. The first-order chi connectivity index (χ1) is 18.1. The Hall–Kier alpha value is -2.75. The maximum Gasteiger partial charge on any atom is 0.435 e. The molecule has 3 rings (SSSR count). The van der Waals surface area contributed by atoms with Crippen molar-refractivity contribution in [3.8, 4) is 0 Å². The first kappa shape index (κ1) is 30.8. The number of benzene rings is 2. The first-order valence-electron chi connectivity index (χ1n) is 11.3. The van der Waals surface area contributed by atoms with Crippen molar-refractivity contribution in [3.63, 3.8) is 0 Å². The highest BCUT2D eigenvalue weighted by Gasteiger charge is 2.42. The van der Waals surface area contributed by atoms with E-state index in [0.29, 0.717) is 20.6 Å². The number of nitrogens with zero attached hydrogens (tertiary/aromatic N) is 3. The average Bonchev–Trinajstić information content (AvgIpc) is 3.25. The SMILES string of the molecule is CSC[C@H](C)N(C(=O)c1c(I)cccc1C(N)=O)c1ccc(Cn2nc(C(F)(F)F)cc2C(F)(F)F)cc1C. The van der Waals surface area contributed by atoms with Crippen molar-refractivity contribution in [3.05, 3.63) is 79.7 Å². The van der Waals surface area contributed by atoms with Gasteiger partial charge in [-0.15, -0.1) is 0 Å². The number of amides is 2. The Labute approximate surface area is 238 Å². The predicted octanol–water partition coefficient (Wildman–Crippen LogP) is 6.38. The van der Waals surface area contributed by atoms with Crippen molar-refractivity contribution in [1.82, 2.24) is 9.78 Å². The molecule has 1 aromatic heterocycles. The number of aromatic nitrogens is 2. The van der Waals surface area contributed by atoms with E-state index in [4.69, 9.17) is 5.73 Å². The molecule has 0 aliphatic rings. The quantitative estimate of drug-likeness (QED) is 0.221. The molecule has 0 unspecified atom stereocenters. The van der Waals surface area contributed by atoms with E-state index in [1.54, 1.807) is 26.0 Å². The number of thioether (sulfide) groups is 1. The third-order valence-corrected chi connectivity index (χ3v) is 7.49. The fourth-order valence-corrected chi connectivity index (χ4v) is 5.45. The van der Waals surface area contributed by atoms with Crippen LogP contribution in [0.25, 0.3) is 0 Å². The van der Waals surface area contributed by atoms with Gasteiger partial charge in [-0.2, -0.15) is 43.2 Å². The lowest BCUT2D eigenvalue weighted by Gasteiger charge is -2.31. The molecule has 3 aromatic rings. The largest absolute Gasteiger partial charge is 0.435 e. The smallest absolute Gasteiger partial charge is 0.366 e. The third kappa shape index (κ3) is 6.88. The van der Waals surface area contributed by atoms with Crippen LogP contribution in [0.4, 0.5) is 32.0 Å². The molecule has 39 heavy (non-hydrogen) atoms. The molecule has 2 amide bonds. The van der Waals surface area contributed by atoms with E-state index in [2.05, 4.69) is 5.10 Å². The van der Waals surface area contributed by atoms with Crippen LogP contribution in [0.5, 0.6) is 0 Å². The van der Waals surface area contributed by atoms with E-state index in [-0.39, 0.29) is 33.5 Å². The Morgan fingerprint density at radius 2 is 1.77 bits per heavy atom. The number of hydrogen-bond acceptors (Lipinski definition) is 4. The van der Waals surface area contributed by atoms with Gasteiger partial charge >= 0.3 is 12.4 Å². The lowest BCUT2D eigenvalue weighted by atomic mass is 10.0. The van der Waals surface area contributed by atoms with Crippen molar-refractivity contribution in [2.75, 3.05) is 16.9 Å². The second-order valence-corrected chi connectivity index (χ2v) is 10.8. The predicted molar refractivity (Wildman–Crippen MR) is 145 cm³/mol. The van der Waals surface area contributed by atoms with Gasteiger partial charge in [-0.05, 0) is 72.0 Å². The molecule has 0 saturated heterocycles.